The molecule has 0 bridgehead atoms. The number of rotatable bonds is 2. The van der Waals surface area contributed by atoms with Crippen LogP contribution in [0.1, 0.15) is 12.8 Å². The quantitative estimate of drug-likeness (QED) is 0.882. The van der Waals surface area contributed by atoms with E-state index in [1.165, 1.54) is 0 Å². The number of urea groups is 1. The molecule has 1 aliphatic heterocycles. The van der Waals surface area contributed by atoms with Gasteiger partial charge >= 0.3 is 6.03 Å². The molecular formula is C13H19Cl2N3O. The summed E-state index contributed by atoms with van der Waals surface area (Å²) >= 11 is 5.80. The molecule has 106 valence electrons. The van der Waals surface area contributed by atoms with Crippen LogP contribution in [0.4, 0.5) is 10.5 Å². The van der Waals surface area contributed by atoms with E-state index < -0.39 is 0 Å². The third kappa shape index (κ3) is 4.56. The molecule has 2 rings (SSSR count). The second-order valence-electron chi connectivity index (χ2n) is 4.51. The summed E-state index contributed by atoms with van der Waals surface area (Å²) in [6.45, 7) is 1.58. The number of nitrogens with one attached hydrogen (secondary N) is 2. The molecule has 19 heavy (non-hydrogen) atoms. The first-order valence-corrected chi connectivity index (χ1v) is 6.55. The average molecular weight is 304 g/mol. The summed E-state index contributed by atoms with van der Waals surface area (Å²) in [6, 6.07) is 7.50. The van der Waals surface area contributed by atoms with Crippen LogP contribution in [0.15, 0.2) is 24.3 Å². The lowest BCUT2D eigenvalue weighted by Gasteiger charge is -2.32. The van der Waals surface area contributed by atoms with E-state index in [1.807, 2.05) is 11.9 Å². The molecular weight excluding hydrogens is 285 g/mol. The van der Waals surface area contributed by atoms with Crippen LogP contribution in [0.25, 0.3) is 0 Å². The van der Waals surface area contributed by atoms with Crippen LogP contribution < -0.4 is 10.6 Å². The monoisotopic (exact) mass is 303 g/mol. The Bertz CT molecular complexity index is 411. The summed E-state index contributed by atoms with van der Waals surface area (Å²) in [5, 5.41) is 6.77. The minimum atomic E-state index is -0.0442. The highest BCUT2D eigenvalue weighted by Crippen LogP contribution is 2.15. The largest absolute Gasteiger partial charge is 0.323 e. The van der Waals surface area contributed by atoms with E-state index in [-0.39, 0.29) is 18.4 Å². The van der Waals surface area contributed by atoms with Crippen molar-refractivity contribution in [1.29, 1.82) is 0 Å². The number of benzene rings is 1. The van der Waals surface area contributed by atoms with Crippen molar-refractivity contribution in [2.24, 2.45) is 0 Å². The highest BCUT2D eigenvalue weighted by Gasteiger charge is 2.22. The summed E-state index contributed by atoms with van der Waals surface area (Å²) in [7, 11) is 1.94. The fraction of sp³-hybridized carbons (Fsp3) is 0.462. The zero-order valence-electron chi connectivity index (χ0n) is 10.9. The fourth-order valence-corrected chi connectivity index (χ4v) is 2.26. The fourth-order valence-electron chi connectivity index (χ4n) is 2.13. The number of piperidine rings is 1. The Labute approximate surface area is 124 Å². The molecule has 0 unspecified atom stereocenters. The summed E-state index contributed by atoms with van der Waals surface area (Å²) < 4.78 is 0. The van der Waals surface area contributed by atoms with Gasteiger partial charge in [-0.1, -0.05) is 11.6 Å². The van der Waals surface area contributed by atoms with Crippen molar-refractivity contribution in [3.05, 3.63) is 29.3 Å². The number of carbonyl (C=O) groups is 1. The van der Waals surface area contributed by atoms with Crippen LogP contribution in [-0.2, 0) is 0 Å². The van der Waals surface area contributed by atoms with Crippen molar-refractivity contribution in [2.75, 3.05) is 25.5 Å². The van der Waals surface area contributed by atoms with Gasteiger partial charge in [0.05, 0.1) is 0 Å². The maximum atomic E-state index is 12.1. The highest BCUT2D eigenvalue weighted by atomic mass is 35.5. The predicted molar refractivity (Wildman–Crippen MR) is 81.4 cm³/mol. The summed E-state index contributed by atoms with van der Waals surface area (Å²) in [4.78, 5) is 13.9. The zero-order chi connectivity index (χ0) is 13.0. The van der Waals surface area contributed by atoms with Crippen LogP contribution >= 0.6 is 24.0 Å². The van der Waals surface area contributed by atoms with Crippen LogP contribution in [0, 0.1) is 0 Å². The van der Waals surface area contributed by atoms with Gasteiger partial charge in [0.2, 0.25) is 0 Å². The molecule has 2 N–H and O–H groups in total. The predicted octanol–water partition coefficient (Wildman–Crippen LogP) is 2.98. The molecule has 0 radical (unpaired) electrons. The molecule has 0 spiro atoms. The average Bonchev–Trinajstić information content (AvgIpc) is 2.41. The molecule has 0 aliphatic carbocycles. The molecule has 2 amide bonds. The highest BCUT2D eigenvalue weighted by molar-refractivity contribution is 6.30. The Hall–Kier alpha value is -0.970. The van der Waals surface area contributed by atoms with Gasteiger partial charge in [-0.05, 0) is 44.2 Å². The first-order chi connectivity index (χ1) is 8.69. The van der Waals surface area contributed by atoms with E-state index in [0.717, 1.165) is 31.6 Å². The Kier molecular flexibility index (Phi) is 6.42. The molecule has 1 heterocycles. The molecule has 1 aliphatic rings. The van der Waals surface area contributed by atoms with E-state index in [2.05, 4.69) is 10.6 Å². The number of nitrogens with zero attached hydrogens (tertiary/aromatic N) is 1. The SMILES string of the molecule is CN[C@H]1CCCN(C(=O)Nc2ccc(Cl)cc2)C1.Cl. The van der Waals surface area contributed by atoms with Gasteiger partial charge in [-0.25, -0.2) is 4.79 Å². The summed E-state index contributed by atoms with van der Waals surface area (Å²) in [5.41, 5.74) is 0.774. The van der Waals surface area contributed by atoms with Gasteiger partial charge in [-0.15, -0.1) is 12.4 Å². The van der Waals surface area contributed by atoms with Crippen molar-refractivity contribution in [2.45, 2.75) is 18.9 Å². The van der Waals surface area contributed by atoms with Crippen LogP contribution in [0.3, 0.4) is 0 Å². The lowest BCUT2D eigenvalue weighted by atomic mass is 10.1. The second kappa shape index (κ2) is 7.58. The molecule has 6 heteroatoms. The van der Waals surface area contributed by atoms with Crippen molar-refractivity contribution in [3.63, 3.8) is 0 Å². The van der Waals surface area contributed by atoms with Gasteiger partial charge in [0.1, 0.15) is 0 Å². The van der Waals surface area contributed by atoms with Gasteiger partial charge in [-0.2, -0.15) is 0 Å². The normalized spacial score (nSPS) is 18.6. The van der Waals surface area contributed by atoms with Crippen molar-refractivity contribution in [3.8, 4) is 0 Å². The van der Waals surface area contributed by atoms with Crippen molar-refractivity contribution >= 4 is 35.7 Å². The van der Waals surface area contributed by atoms with Gasteiger partial charge in [0.25, 0.3) is 0 Å². The van der Waals surface area contributed by atoms with Gasteiger partial charge < -0.3 is 15.5 Å². The number of hydrogen-bond donors (Lipinski definition) is 2. The molecule has 4 nitrogen and oxygen atoms in total. The Morgan fingerprint density at radius 3 is 2.68 bits per heavy atom. The molecule has 0 aromatic heterocycles. The second-order valence-corrected chi connectivity index (χ2v) is 4.95. The van der Waals surface area contributed by atoms with E-state index in [1.54, 1.807) is 24.3 Å². The minimum absolute atomic E-state index is 0. The molecule has 1 saturated heterocycles. The van der Waals surface area contributed by atoms with Crippen molar-refractivity contribution < 1.29 is 4.79 Å². The van der Waals surface area contributed by atoms with Gasteiger partial charge in [0.15, 0.2) is 0 Å². The van der Waals surface area contributed by atoms with Gasteiger partial charge in [0, 0.05) is 29.8 Å². The summed E-state index contributed by atoms with van der Waals surface area (Å²) in [5.74, 6) is 0. The molecule has 1 fully saturated rings. The zero-order valence-corrected chi connectivity index (χ0v) is 12.4. The number of halogens is 2. The van der Waals surface area contributed by atoms with E-state index >= 15 is 0 Å². The number of carbonyl (C=O) groups excluding carboxylic acids is 1. The standard InChI is InChI=1S/C13H18ClN3O.ClH/c1-15-12-3-2-8-17(9-12)13(18)16-11-6-4-10(14)5-7-11;/h4-7,12,15H,2-3,8-9H2,1H3,(H,16,18);1H/t12-;/m0./s1. The molecule has 1 aromatic rings. The lowest BCUT2D eigenvalue weighted by molar-refractivity contribution is 0.187. The third-order valence-corrected chi connectivity index (χ3v) is 3.46. The number of amides is 2. The van der Waals surface area contributed by atoms with Crippen LogP contribution in [0.5, 0.6) is 0 Å². The first-order valence-electron chi connectivity index (χ1n) is 6.18. The topological polar surface area (TPSA) is 44.4 Å². The maximum absolute atomic E-state index is 12.1. The van der Waals surface area contributed by atoms with Crippen molar-refractivity contribution in [1.82, 2.24) is 10.2 Å². The Balaban J connectivity index is 0.00000180. The molecule has 0 saturated carbocycles. The Morgan fingerprint density at radius 1 is 1.37 bits per heavy atom. The van der Waals surface area contributed by atoms with E-state index in [9.17, 15) is 4.79 Å². The van der Waals surface area contributed by atoms with Gasteiger partial charge in [-0.3, -0.25) is 0 Å². The minimum Gasteiger partial charge on any atom is -0.323 e. The number of likely N-dealkylation sites (N-methyl/N-ethyl adjacent to an activating group) is 1. The van der Waals surface area contributed by atoms with E-state index in [0.29, 0.717) is 11.1 Å². The third-order valence-electron chi connectivity index (χ3n) is 3.21. The molecule has 1 aromatic carbocycles. The van der Waals surface area contributed by atoms with Crippen LogP contribution in [0.2, 0.25) is 5.02 Å². The smallest absolute Gasteiger partial charge is 0.321 e. The number of anilines is 1. The van der Waals surface area contributed by atoms with E-state index in [4.69, 9.17) is 11.6 Å². The Morgan fingerprint density at radius 2 is 2.05 bits per heavy atom. The lowest BCUT2D eigenvalue weighted by Crippen LogP contribution is -2.48. The number of hydrogen-bond acceptors (Lipinski definition) is 2. The summed E-state index contributed by atoms with van der Waals surface area (Å²) in [6.07, 6.45) is 2.17. The van der Waals surface area contributed by atoms with Crippen LogP contribution in [-0.4, -0.2) is 37.1 Å². The number of likely N-dealkylation sites (tertiary alicyclic amines) is 1. The maximum Gasteiger partial charge on any atom is 0.321 e. The first kappa shape index (κ1) is 16.1. The molecule has 1 atom stereocenters.